The summed E-state index contributed by atoms with van der Waals surface area (Å²) in [5.41, 5.74) is 1.22. The number of ether oxygens (including phenoxy) is 1. The highest BCUT2D eigenvalue weighted by atomic mass is 32.2. The van der Waals surface area contributed by atoms with Gasteiger partial charge in [-0.25, -0.2) is 0 Å². The summed E-state index contributed by atoms with van der Waals surface area (Å²) in [6.45, 7) is 6.95. The molecule has 162 valence electrons. The second-order valence-corrected chi connectivity index (χ2v) is 11.8. The lowest BCUT2D eigenvalue weighted by molar-refractivity contribution is -0.137. The van der Waals surface area contributed by atoms with Crippen LogP contribution in [0, 0.1) is 34.5 Å². The number of allylic oxidation sites excluding steroid dienone is 4. The van der Waals surface area contributed by atoms with Gasteiger partial charge in [0.1, 0.15) is 11.0 Å². The van der Waals surface area contributed by atoms with Crippen LogP contribution in [0.15, 0.2) is 22.6 Å². The number of fused-ring (bicyclic) bond motifs is 5. The summed E-state index contributed by atoms with van der Waals surface area (Å²) in [6, 6.07) is 0. The SMILES string of the molecule is CC(=O)[C@H]1CC[C@H]2[C@@H]3CCC4=CC(=O)C=C(SC5CCOC5=O)[C@]4(C)[C@H]3CC[C@]12C. The minimum absolute atomic E-state index is 0.0629. The normalized spacial score (nSPS) is 45.1. The molecular weight excluding hydrogens is 396 g/mol. The Morgan fingerprint density at radius 2 is 1.87 bits per heavy atom. The summed E-state index contributed by atoms with van der Waals surface area (Å²) in [4.78, 5) is 38.1. The fraction of sp³-hybridized carbons (Fsp3) is 0.720. The first-order chi connectivity index (χ1) is 14.2. The van der Waals surface area contributed by atoms with Crippen LogP contribution in [0.5, 0.6) is 0 Å². The van der Waals surface area contributed by atoms with Crippen molar-refractivity contribution in [3.8, 4) is 0 Å². The number of rotatable bonds is 3. The Morgan fingerprint density at radius 1 is 1.07 bits per heavy atom. The molecule has 5 heteroatoms. The first kappa shape index (κ1) is 20.5. The van der Waals surface area contributed by atoms with Crippen molar-refractivity contribution >= 4 is 29.3 Å². The molecule has 0 aromatic heterocycles. The lowest BCUT2D eigenvalue weighted by Gasteiger charge is -2.58. The number of hydrogen-bond acceptors (Lipinski definition) is 5. The Balaban J connectivity index is 1.49. The van der Waals surface area contributed by atoms with E-state index in [2.05, 4.69) is 13.8 Å². The second-order valence-electron chi connectivity index (χ2n) is 10.5. The van der Waals surface area contributed by atoms with Crippen LogP contribution in [0.4, 0.5) is 0 Å². The zero-order valence-electron chi connectivity index (χ0n) is 18.2. The van der Waals surface area contributed by atoms with Gasteiger partial charge < -0.3 is 4.74 Å². The maximum Gasteiger partial charge on any atom is 0.319 e. The molecular formula is C25H32O4S. The van der Waals surface area contributed by atoms with Gasteiger partial charge in [0.05, 0.1) is 6.61 Å². The summed E-state index contributed by atoms with van der Waals surface area (Å²) in [5.74, 6) is 2.14. The first-order valence-electron chi connectivity index (χ1n) is 11.6. The molecule has 0 aromatic rings. The third-order valence-electron chi connectivity index (χ3n) is 9.34. The van der Waals surface area contributed by atoms with Crippen LogP contribution >= 0.6 is 11.8 Å². The largest absolute Gasteiger partial charge is 0.465 e. The first-order valence-corrected chi connectivity index (χ1v) is 12.4. The van der Waals surface area contributed by atoms with E-state index in [0.29, 0.717) is 30.1 Å². The molecule has 1 heterocycles. The molecule has 5 rings (SSSR count). The van der Waals surface area contributed by atoms with Gasteiger partial charge in [0, 0.05) is 17.8 Å². The lowest BCUT2D eigenvalue weighted by atomic mass is 9.47. The fourth-order valence-electron chi connectivity index (χ4n) is 7.84. The van der Waals surface area contributed by atoms with E-state index in [-0.39, 0.29) is 33.8 Å². The number of hydrogen-bond donors (Lipinski definition) is 0. The third kappa shape index (κ3) is 2.83. The average Bonchev–Trinajstić information content (AvgIpc) is 3.25. The highest BCUT2D eigenvalue weighted by molar-refractivity contribution is 8.04. The molecule has 7 atom stereocenters. The third-order valence-corrected chi connectivity index (χ3v) is 10.9. The van der Waals surface area contributed by atoms with Gasteiger partial charge >= 0.3 is 5.97 Å². The van der Waals surface area contributed by atoms with Crippen molar-refractivity contribution in [2.24, 2.45) is 34.5 Å². The highest BCUT2D eigenvalue weighted by Gasteiger charge is 2.60. The molecule has 30 heavy (non-hydrogen) atoms. The van der Waals surface area contributed by atoms with Gasteiger partial charge in [-0.2, -0.15) is 0 Å². The summed E-state index contributed by atoms with van der Waals surface area (Å²) >= 11 is 1.58. The van der Waals surface area contributed by atoms with Crippen molar-refractivity contribution in [3.05, 3.63) is 22.6 Å². The summed E-state index contributed by atoms with van der Waals surface area (Å²) in [7, 11) is 0. The lowest BCUT2D eigenvalue weighted by Crippen LogP contribution is -2.51. The Bertz CT molecular complexity index is 872. The smallest absolute Gasteiger partial charge is 0.319 e. The second kappa shape index (κ2) is 7.08. The van der Waals surface area contributed by atoms with Crippen LogP contribution in [-0.2, 0) is 19.1 Å². The zero-order chi connectivity index (χ0) is 21.3. The molecule has 4 nitrogen and oxygen atoms in total. The predicted molar refractivity (Wildman–Crippen MR) is 117 cm³/mol. The minimum Gasteiger partial charge on any atom is -0.465 e. The Hall–Kier alpha value is -1.36. The van der Waals surface area contributed by atoms with E-state index in [9.17, 15) is 14.4 Å². The molecule has 3 saturated carbocycles. The van der Waals surface area contributed by atoms with E-state index in [1.807, 2.05) is 6.08 Å². The van der Waals surface area contributed by atoms with Gasteiger partial charge in [0.2, 0.25) is 0 Å². The Kier molecular flexibility index (Phi) is 4.85. The van der Waals surface area contributed by atoms with Crippen molar-refractivity contribution < 1.29 is 19.1 Å². The average molecular weight is 429 g/mol. The monoisotopic (exact) mass is 428 g/mol. The van der Waals surface area contributed by atoms with Gasteiger partial charge in [0.25, 0.3) is 0 Å². The van der Waals surface area contributed by atoms with E-state index >= 15 is 0 Å². The van der Waals surface area contributed by atoms with Crippen LogP contribution in [0.1, 0.15) is 65.7 Å². The molecule has 0 aromatic carbocycles. The number of Topliss-reactive ketones (excluding diaryl/α,β-unsaturated/α-hetero) is 1. The molecule has 0 spiro atoms. The van der Waals surface area contributed by atoms with Crippen molar-refractivity contribution in [1.82, 2.24) is 0 Å². The Labute approximate surface area is 183 Å². The van der Waals surface area contributed by atoms with Crippen LogP contribution in [-0.4, -0.2) is 29.4 Å². The standard InChI is InChI=1S/C25H32O4S/c1-14(26)18-6-7-19-17-5-4-15-12-16(27)13-22(30-21-9-11-29-23(21)28)25(15,3)20(17)8-10-24(18,19)2/h12-13,17-21H,4-11H2,1-3H3/t17-,18+,19-,20-,21?,24+,25-/m0/s1. The predicted octanol–water partition coefficient (Wildman–Crippen LogP) is 4.88. The van der Waals surface area contributed by atoms with Crippen LogP contribution < -0.4 is 0 Å². The Morgan fingerprint density at radius 3 is 2.57 bits per heavy atom. The molecule has 0 amide bonds. The van der Waals surface area contributed by atoms with E-state index < -0.39 is 0 Å². The van der Waals surface area contributed by atoms with Crippen LogP contribution in [0.2, 0.25) is 0 Å². The van der Waals surface area contributed by atoms with Crippen LogP contribution in [0.25, 0.3) is 0 Å². The van der Waals surface area contributed by atoms with Crippen molar-refractivity contribution in [2.45, 2.75) is 71.0 Å². The van der Waals surface area contributed by atoms with E-state index in [4.69, 9.17) is 4.74 Å². The number of thioether (sulfide) groups is 1. The van der Waals surface area contributed by atoms with E-state index in [1.54, 1.807) is 24.8 Å². The van der Waals surface area contributed by atoms with Crippen LogP contribution in [0.3, 0.4) is 0 Å². The van der Waals surface area contributed by atoms with E-state index in [0.717, 1.165) is 49.9 Å². The molecule has 4 fully saturated rings. The van der Waals surface area contributed by atoms with Crippen molar-refractivity contribution in [1.29, 1.82) is 0 Å². The molecule has 1 saturated heterocycles. The molecule has 0 N–H and O–H groups in total. The molecule has 0 radical (unpaired) electrons. The number of esters is 1. The van der Waals surface area contributed by atoms with E-state index in [1.165, 1.54) is 5.57 Å². The quantitative estimate of drug-likeness (QED) is 0.600. The van der Waals surface area contributed by atoms with Gasteiger partial charge in [-0.3, -0.25) is 14.4 Å². The maximum absolute atomic E-state index is 12.5. The van der Waals surface area contributed by atoms with Gasteiger partial charge in [-0.15, -0.1) is 11.8 Å². The molecule has 4 aliphatic carbocycles. The number of ketones is 2. The summed E-state index contributed by atoms with van der Waals surface area (Å²) in [6.07, 6.45) is 10.8. The van der Waals surface area contributed by atoms with Crippen molar-refractivity contribution in [2.75, 3.05) is 6.61 Å². The molecule has 0 bridgehead atoms. The number of carbonyl (C=O) groups excluding carboxylic acids is 3. The minimum atomic E-state index is -0.192. The number of cyclic esters (lactones) is 1. The highest BCUT2D eigenvalue weighted by Crippen LogP contribution is 2.68. The fourth-order valence-corrected chi connectivity index (χ4v) is 9.24. The topological polar surface area (TPSA) is 60.4 Å². The zero-order valence-corrected chi connectivity index (χ0v) is 19.1. The van der Waals surface area contributed by atoms with Gasteiger partial charge in [-0.05, 0) is 85.7 Å². The molecule has 1 unspecified atom stereocenters. The van der Waals surface area contributed by atoms with Gasteiger partial charge in [0.15, 0.2) is 5.78 Å². The summed E-state index contributed by atoms with van der Waals surface area (Å²) in [5, 5.41) is -0.192. The molecule has 1 aliphatic heterocycles. The summed E-state index contributed by atoms with van der Waals surface area (Å²) < 4.78 is 5.20. The van der Waals surface area contributed by atoms with Gasteiger partial charge in [-0.1, -0.05) is 19.4 Å². The maximum atomic E-state index is 12.5. The van der Waals surface area contributed by atoms with Crippen molar-refractivity contribution in [3.63, 3.8) is 0 Å². The molecule has 5 aliphatic rings. The number of carbonyl (C=O) groups is 3.